The number of nitrogens with zero attached hydrogens (tertiary/aromatic N) is 5. The summed E-state index contributed by atoms with van der Waals surface area (Å²) in [4.78, 5) is 40.1. The minimum atomic E-state index is -0.305. The molecular formula is C40H52Cl2N6O4. The van der Waals surface area contributed by atoms with Gasteiger partial charge in [-0.05, 0) is 75.1 Å². The number of aromatic nitrogens is 2. The number of halogens is 2. The van der Waals surface area contributed by atoms with E-state index in [1.54, 1.807) is 36.7 Å². The molecule has 4 aromatic rings. The van der Waals surface area contributed by atoms with Crippen LogP contribution in [-0.2, 0) is 22.4 Å². The molecule has 0 aliphatic carbocycles. The van der Waals surface area contributed by atoms with Gasteiger partial charge in [0.05, 0.1) is 12.2 Å². The normalized spacial score (nSPS) is 14.4. The van der Waals surface area contributed by atoms with Gasteiger partial charge in [0.1, 0.15) is 22.8 Å². The second kappa shape index (κ2) is 21.3. The van der Waals surface area contributed by atoms with Crippen LogP contribution in [-0.4, -0.2) is 91.4 Å². The maximum atomic E-state index is 12.5. The van der Waals surface area contributed by atoms with Gasteiger partial charge in [-0.15, -0.1) is 24.8 Å². The average Bonchev–Trinajstić information content (AvgIpc) is 3.13. The van der Waals surface area contributed by atoms with Gasteiger partial charge in [-0.2, -0.15) is 0 Å². The first kappa shape index (κ1) is 42.2. The maximum Gasteiger partial charge on any atom is 0.342 e. The molecule has 0 amide bonds. The number of pyridine rings is 2. The Morgan fingerprint density at radius 1 is 0.635 bits per heavy atom. The SMILES string of the molecule is CC(C)OC(=O)c1cccnc1N1CCN(Cc2cccc(Cc3ccccc3)c2)CC1.CC(C)OC(=O)c1cccnc1N1CCNCC1.Cl.Cl. The van der Waals surface area contributed by atoms with Crippen molar-refractivity contribution in [2.24, 2.45) is 0 Å². The Bertz CT molecular complexity index is 1680. The van der Waals surface area contributed by atoms with Crippen molar-refractivity contribution in [2.45, 2.75) is 52.9 Å². The molecule has 2 fully saturated rings. The molecule has 0 unspecified atom stereocenters. The van der Waals surface area contributed by atoms with E-state index in [0.29, 0.717) is 11.1 Å². The Hall–Kier alpha value is -4.22. The summed E-state index contributed by atoms with van der Waals surface area (Å²) >= 11 is 0. The summed E-state index contributed by atoms with van der Waals surface area (Å²) in [6.07, 6.45) is 4.14. The molecule has 52 heavy (non-hydrogen) atoms. The predicted molar refractivity (Wildman–Crippen MR) is 212 cm³/mol. The highest BCUT2D eigenvalue weighted by Gasteiger charge is 2.24. The molecule has 12 heteroatoms. The van der Waals surface area contributed by atoms with Gasteiger partial charge in [-0.25, -0.2) is 19.6 Å². The molecule has 6 rings (SSSR count). The number of esters is 2. The Morgan fingerprint density at radius 3 is 1.67 bits per heavy atom. The summed E-state index contributed by atoms with van der Waals surface area (Å²) < 4.78 is 10.7. The van der Waals surface area contributed by atoms with Crippen molar-refractivity contribution in [3.63, 3.8) is 0 Å². The molecule has 0 bridgehead atoms. The topological polar surface area (TPSA) is 100 Å². The number of carbonyl (C=O) groups is 2. The van der Waals surface area contributed by atoms with E-state index in [9.17, 15) is 9.59 Å². The largest absolute Gasteiger partial charge is 0.459 e. The number of rotatable bonds is 10. The minimum absolute atomic E-state index is 0. The van der Waals surface area contributed by atoms with Crippen LogP contribution in [0.25, 0.3) is 0 Å². The molecule has 280 valence electrons. The van der Waals surface area contributed by atoms with Crippen molar-refractivity contribution in [3.05, 3.63) is 119 Å². The molecule has 2 saturated heterocycles. The van der Waals surface area contributed by atoms with Crippen LogP contribution in [0.15, 0.2) is 91.3 Å². The van der Waals surface area contributed by atoms with Crippen molar-refractivity contribution in [3.8, 4) is 0 Å². The maximum absolute atomic E-state index is 12.5. The number of hydrogen-bond acceptors (Lipinski definition) is 10. The zero-order valence-corrected chi connectivity index (χ0v) is 32.2. The van der Waals surface area contributed by atoms with Gasteiger partial charge >= 0.3 is 11.9 Å². The van der Waals surface area contributed by atoms with E-state index in [2.05, 4.69) is 84.6 Å². The number of ether oxygens (including phenoxy) is 2. The second-order valence-electron chi connectivity index (χ2n) is 13.1. The van der Waals surface area contributed by atoms with E-state index in [4.69, 9.17) is 9.47 Å². The quantitative estimate of drug-likeness (QED) is 0.182. The fraction of sp³-hybridized carbons (Fsp3) is 0.400. The van der Waals surface area contributed by atoms with Crippen LogP contribution in [0.5, 0.6) is 0 Å². The average molecular weight is 752 g/mol. The van der Waals surface area contributed by atoms with Crippen molar-refractivity contribution < 1.29 is 19.1 Å². The van der Waals surface area contributed by atoms with Crippen molar-refractivity contribution in [1.29, 1.82) is 0 Å². The predicted octanol–water partition coefficient (Wildman–Crippen LogP) is 6.46. The Kier molecular flexibility index (Phi) is 17.3. The lowest BCUT2D eigenvalue weighted by atomic mass is 10.0. The molecule has 0 spiro atoms. The van der Waals surface area contributed by atoms with E-state index in [1.165, 1.54) is 16.7 Å². The lowest BCUT2D eigenvalue weighted by molar-refractivity contribution is 0.0367. The number of nitrogens with one attached hydrogen (secondary N) is 1. The molecule has 2 aliphatic rings. The highest BCUT2D eigenvalue weighted by atomic mass is 35.5. The summed E-state index contributed by atoms with van der Waals surface area (Å²) in [6.45, 7) is 15.4. The molecule has 2 aliphatic heterocycles. The lowest BCUT2D eigenvalue weighted by Crippen LogP contribution is -2.46. The van der Waals surface area contributed by atoms with Crippen molar-refractivity contribution >= 4 is 48.4 Å². The van der Waals surface area contributed by atoms with Crippen LogP contribution in [0, 0.1) is 0 Å². The molecule has 2 aromatic carbocycles. The van der Waals surface area contributed by atoms with E-state index >= 15 is 0 Å². The lowest BCUT2D eigenvalue weighted by Gasteiger charge is -2.36. The number of piperazine rings is 2. The van der Waals surface area contributed by atoms with Crippen molar-refractivity contribution in [2.75, 3.05) is 62.2 Å². The fourth-order valence-electron chi connectivity index (χ4n) is 6.09. The second-order valence-corrected chi connectivity index (χ2v) is 13.1. The third kappa shape index (κ3) is 12.5. The standard InChI is InChI=1S/C27H31N3O2.C13H19N3O2.2ClH/c1-21(2)32-27(31)25-12-7-13-28-26(25)30-16-14-29(15-17-30)20-24-11-6-10-23(19-24)18-22-8-4-3-5-9-22;1-10(2)18-13(17)11-4-3-5-15-12(11)16-8-6-14-7-9-16;;/h3-13,19,21H,14-18,20H2,1-2H3;3-5,10,14H,6-9H2,1-2H3;2*1H. The first-order valence-electron chi connectivity index (χ1n) is 17.6. The molecule has 0 saturated carbocycles. The molecular weight excluding hydrogens is 699 g/mol. The van der Waals surface area contributed by atoms with Crippen LogP contribution in [0.3, 0.4) is 0 Å². The van der Waals surface area contributed by atoms with E-state index in [1.807, 2.05) is 27.7 Å². The summed E-state index contributed by atoms with van der Waals surface area (Å²) in [5.41, 5.74) is 5.11. The van der Waals surface area contributed by atoms with E-state index in [-0.39, 0.29) is 49.0 Å². The zero-order chi connectivity index (χ0) is 35.3. The molecule has 1 N–H and O–H groups in total. The molecule has 4 heterocycles. The van der Waals surface area contributed by atoms with E-state index < -0.39 is 0 Å². The number of carbonyl (C=O) groups excluding carboxylic acids is 2. The Balaban J connectivity index is 0.000000312. The van der Waals surface area contributed by atoms with Gasteiger partial charge in [0.25, 0.3) is 0 Å². The summed E-state index contributed by atoms with van der Waals surface area (Å²) in [7, 11) is 0. The Labute approximate surface area is 320 Å². The van der Waals surface area contributed by atoms with Crippen molar-refractivity contribution in [1.82, 2.24) is 20.2 Å². The van der Waals surface area contributed by atoms with Crippen LogP contribution in [0.2, 0.25) is 0 Å². The third-order valence-electron chi connectivity index (χ3n) is 8.44. The minimum Gasteiger partial charge on any atom is -0.459 e. The van der Waals surface area contributed by atoms with Crippen LogP contribution in [0.4, 0.5) is 11.6 Å². The van der Waals surface area contributed by atoms with Gasteiger partial charge < -0.3 is 24.6 Å². The van der Waals surface area contributed by atoms with Gasteiger partial charge in [0, 0.05) is 71.3 Å². The first-order chi connectivity index (χ1) is 24.3. The summed E-state index contributed by atoms with van der Waals surface area (Å²) in [5, 5.41) is 3.28. The molecule has 2 aromatic heterocycles. The first-order valence-corrected chi connectivity index (χ1v) is 17.6. The van der Waals surface area contributed by atoms with E-state index in [0.717, 1.165) is 77.0 Å². The molecule has 0 atom stereocenters. The fourth-order valence-corrected chi connectivity index (χ4v) is 6.09. The highest BCUT2D eigenvalue weighted by Crippen LogP contribution is 2.22. The van der Waals surface area contributed by atoms with Gasteiger partial charge in [0.2, 0.25) is 0 Å². The van der Waals surface area contributed by atoms with Crippen LogP contribution in [0.1, 0.15) is 65.1 Å². The summed E-state index contributed by atoms with van der Waals surface area (Å²) in [5.74, 6) is 0.847. The molecule has 10 nitrogen and oxygen atoms in total. The summed E-state index contributed by atoms with van der Waals surface area (Å²) in [6, 6.07) is 26.6. The van der Waals surface area contributed by atoms with Gasteiger partial charge in [0.15, 0.2) is 0 Å². The smallest absolute Gasteiger partial charge is 0.342 e. The Morgan fingerprint density at radius 2 is 1.13 bits per heavy atom. The monoisotopic (exact) mass is 750 g/mol. The molecule has 0 radical (unpaired) electrons. The zero-order valence-electron chi connectivity index (χ0n) is 30.6. The number of anilines is 2. The number of hydrogen-bond donors (Lipinski definition) is 1. The third-order valence-corrected chi connectivity index (χ3v) is 8.44. The van der Waals surface area contributed by atoms with Crippen LogP contribution < -0.4 is 15.1 Å². The number of benzene rings is 2. The highest BCUT2D eigenvalue weighted by molar-refractivity contribution is 5.95. The van der Waals surface area contributed by atoms with Crippen LogP contribution >= 0.6 is 24.8 Å². The van der Waals surface area contributed by atoms with Gasteiger partial charge in [-0.1, -0.05) is 54.6 Å². The van der Waals surface area contributed by atoms with Gasteiger partial charge in [-0.3, -0.25) is 4.90 Å².